The van der Waals surface area contributed by atoms with Crippen LogP contribution in [-0.2, 0) is 6.54 Å². The number of nitrogens with zero attached hydrogens (tertiary/aromatic N) is 4. The lowest BCUT2D eigenvalue weighted by Gasteiger charge is -2.06. The SMILES string of the molecule is CCOc1ccc(C=Nn2c(N)c(C(=O)NCc3ccc(F)cc3)c3nc4ccccc4nc32)cc1. The van der Waals surface area contributed by atoms with Gasteiger partial charge in [-0.3, -0.25) is 4.79 Å². The first-order valence-corrected chi connectivity index (χ1v) is 11.4. The third-order valence-electron chi connectivity index (χ3n) is 5.58. The fourth-order valence-corrected chi connectivity index (χ4v) is 3.80. The van der Waals surface area contributed by atoms with Crippen molar-refractivity contribution in [1.82, 2.24) is 20.0 Å². The van der Waals surface area contributed by atoms with Crippen LogP contribution in [0, 0.1) is 5.82 Å². The minimum Gasteiger partial charge on any atom is -0.494 e. The number of halogens is 1. The second kappa shape index (κ2) is 9.83. The van der Waals surface area contributed by atoms with Crippen LogP contribution in [0.1, 0.15) is 28.4 Å². The number of aromatic nitrogens is 3. The van der Waals surface area contributed by atoms with Gasteiger partial charge in [0.05, 0.1) is 23.9 Å². The molecule has 3 N–H and O–H groups in total. The third kappa shape index (κ3) is 4.58. The van der Waals surface area contributed by atoms with Crippen molar-refractivity contribution in [3.8, 4) is 5.75 Å². The van der Waals surface area contributed by atoms with Crippen molar-refractivity contribution in [2.75, 3.05) is 12.3 Å². The lowest BCUT2D eigenvalue weighted by Crippen LogP contribution is -2.23. The Labute approximate surface area is 206 Å². The summed E-state index contributed by atoms with van der Waals surface area (Å²) in [6.45, 7) is 2.70. The molecule has 0 fully saturated rings. The number of rotatable bonds is 7. The smallest absolute Gasteiger partial charge is 0.257 e. The molecule has 0 atom stereocenters. The summed E-state index contributed by atoms with van der Waals surface area (Å²) in [6, 6.07) is 20.7. The number of carbonyl (C=O) groups excluding carboxylic acids is 1. The van der Waals surface area contributed by atoms with Crippen LogP contribution in [-0.4, -0.2) is 33.4 Å². The van der Waals surface area contributed by atoms with Gasteiger partial charge in [0.2, 0.25) is 0 Å². The number of para-hydroxylation sites is 2. The standard InChI is InChI=1S/C27H23FN6O2/c1-2-36-20-13-9-18(10-14-20)16-31-34-25(29)23(27(35)30-15-17-7-11-19(28)12-8-17)24-26(34)33-22-6-4-3-5-21(22)32-24/h3-14,16H,2,15,29H2,1H3,(H,30,35). The van der Waals surface area contributed by atoms with Crippen LogP contribution in [0.25, 0.3) is 22.2 Å². The predicted octanol–water partition coefficient (Wildman–Crippen LogP) is 4.52. The van der Waals surface area contributed by atoms with Crippen molar-refractivity contribution in [3.05, 3.63) is 95.3 Å². The molecule has 36 heavy (non-hydrogen) atoms. The molecule has 0 aliphatic heterocycles. The number of nitrogen functional groups attached to an aromatic ring is 1. The van der Waals surface area contributed by atoms with Crippen molar-refractivity contribution in [3.63, 3.8) is 0 Å². The Kier molecular flexibility index (Phi) is 6.27. The van der Waals surface area contributed by atoms with E-state index in [9.17, 15) is 9.18 Å². The fraction of sp³-hybridized carbons (Fsp3) is 0.111. The summed E-state index contributed by atoms with van der Waals surface area (Å²) >= 11 is 0. The molecule has 3 aromatic carbocycles. The number of fused-ring (bicyclic) bond motifs is 2. The molecule has 0 aliphatic carbocycles. The summed E-state index contributed by atoms with van der Waals surface area (Å²) in [4.78, 5) is 22.6. The molecule has 0 spiro atoms. The van der Waals surface area contributed by atoms with Gasteiger partial charge >= 0.3 is 0 Å². The highest BCUT2D eigenvalue weighted by Crippen LogP contribution is 2.28. The number of hydrogen-bond donors (Lipinski definition) is 2. The van der Waals surface area contributed by atoms with Crippen LogP contribution in [0.3, 0.4) is 0 Å². The molecular weight excluding hydrogens is 459 g/mol. The van der Waals surface area contributed by atoms with E-state index in [1.807, 2.05) is 55.5 Å². The molecule has 0 aliphatic rings. The Balaban J connectivity index is 1.54. The summed E-state index contributed by atoms with van der Waals surface area (Å²) in [6.07, 6.45) is 1.63. The first-order valence-electron chi connectivity index (χ1n) is 11.4. The predicted molar refractivity (Wildman–Crippen MR) is 138 cm³/mol. The monoisotopic (exact) mass is 482 g/mol. The Bertz CT molecular complexity index is 1580. The number of ether oxygens (including phenoxy) is 1. The van der Waals surface area contributed by atoms with Gasteiger partial charge in [-0.1, -0.05) is 24.3 Å². The molecule has 9 heteroatoms. The molecule has 5 aromatic rings. The lowest BCUT2D eigenvalue weighted by molar-refractivity contribution is 0.0953. The van der Waals surface area contributed by atoms with Gasteiger partial charge in [0.1, 0.15) is 28.5 Å². The first kappa shape index (κ1) is 23.0. The van der Waals surface area contributed by atoms with Crippen LogP contribution in [0.4, 0.5) is 10.2 Å². The van der Waals surface area contributed by atoms with Gasteiger partial charge in [-0.05, 0) is 66.6 Å². The van der Waals surface area contributed by atoms with Gasteiger partial charge in [0.25, 0.3) is 5.91 Å². The van der Waals surface area contributed by atoms with E-state index < -0.39 is 5.91 Å². The Morgan fingerprint density at radius 2 is 1.75 bits per heavy atom. The Morgan fingerprint density at radius 1 is 1.06 bits per heavy atom. The molecule has 0 saturated heterocycles. The molecule has 0 saturated carbocycles. The number of hydrogen-bond acceptors (Lipinski definition) is 6. The maximum atomic E-state index is 13.2. The van der Waals surface area contributed by atoms with Gasteiger partial charge in [-0.15, -0.1) is 0 Å². The van der Waals surface area contributed by atoms with Gasteiger partial charge in [0.15, 0.2) is 5.65 Å². The zero-order valence-corrected chi connectivity index (χ0v) is 19.5. The molecule has 5 rings (SSSR count). The van der Waals surface area contributed by atoms with E-state index in [4.69, 9.17) is 10.5 Å². The summed E-state index contributed by atoms with van der Waals surface area (Å²) in [5.41, 5.74) is 10.2. The van der Waals surface area contributed by atoms with Crippen molar-refractivity contribution < 1.29 is 13.9 Å². The third-order valence-corrected chi connectivity index (χ3v) is 5.58. The zero-order chi connectivity index (χ0) is 25.1. The van der Waals surface area contributed by atoms with Gasteiger partial charge in [-0.25, -0.2) is 14.4 Å². The van der Waals surface area contributed by atoms with E-state index in [0.29, 0.717) is 28.8 Å². The normalized spacial score (nSPS) is 11.4. The highest BCUT2D eigenvalue weighted by atomic mass is 19.1. The second-order valence-corrected chi connectivity index (χ2v) is 8.01. The summed E-state index contributed by atoms with van der Waals surface area (Å²) in [7, 11) is 0. The average molecular weight is 483 g/mol. The van der Waals surface area contributed by atoms with Gasteiger partial charge in [0, 0.05) is 6.54 Å². The average Bonchev–Trinajstić information content (AvgIpc) is 3.16. The molecule has 0 radical (unpaired) electrons. The molecular formula is C27H23FN6O2. The van der Waals surface area contributed by atoms with Crippen molar-refractivity contribution in [2.24, 2.45) is 5.10 Å². The fourth-order valence-electron chi connectivity index (χ4n) is 3.80. The largest absolute Gasteiger partial charge is 0.494 e. The van der Waals surface area contributed by atoms with E-state index in [2.05, 4.69) is 20.4 Å². The number of benzene rings is 3. The highest BCUT2D eigenvalue weighted by molar-refractivity contribution is 6.10. The van der Waals surface area contributed by atoms with Crippen molar-refractivity contribution in [2.45, 2.75) is 13.5 Å². The van der Waals surface area contributed by atoms with Crippen LogP contribution in [0.2, 0.25) is 0 Å². The molecule has 0 unspecified atom stereocenters. The summed E-state index contributed by atoms with van der Waals surface area (Å²) < 4.78 is 20.1. The summed E-state index contributed by atoms with van der Waals surface area (Å²) in [5.74, 6) is 0.100. The molecule has 8 nitrogen and oxygen atoms in total. The van der Waals surface area contributed by atoms with Crippen LogP contribution in [0.15, 0.2) is 77.9 Å². The maximum absolute atomic E-state index is 13.2. The number of carbonyl (C=O) groups is 1. The minimum absolute atomic E-state index is 0.110. The zero-order valence-electron chi connectivity index (χ0n) is 19.5. The van der Waals surface area contributed by atoms with E-state index >= 15 is 0 Å². The van der Waals surface area contributed by atoms with Gasteiger partial charge < -0.3 is 15.8 Å². The molecule has 2 heterocycles. The molecule has 2 aromatic heterocycles. The van der Waals surface area contributed by atoms with E-state index in [1.54, 1.807) is 18.3 Å². The Morgan fingerprint density at radius 3 is 2.44 bits per heavy atom. The van der Waals surface area contributed by atoms with Crippen molar-refractivity contribution in [1.29, 1.82) is 0 Å². The van der Waals surface area contributed by atoms with Crippen LogP contribution < -0.4 is 15.8 Å². The number of amides is 1. The minimum atomic E-state index is -0.429. The quantitative estimate of drug-likeness (QED) is 0.332. The topological polar surface area (TPSA) is 107 Å². The van der Waals surface area contributed by atoms with E-state index in [-0.39, 0.29) is 23.7 Å². The second-order valence-electron chi connectivity index (χ2n) is 8.01. The van der Waals surface area contributed by atoms with E-state index in [1.165, 1.54) is 16.8 Å². The molecule has 180 valence electrons. The number of nitrogens with two attached hydrogens (primary N) is 1. The van der Waals surface area contributed by atoms with Crippen LogP contribution in [0.5, 0.6) is 5.75 Å². The first-order chi connectivity index (χ1) is 17.5. The maximum Gasteiger partial charge on any atom is 0.257 e. The molecule has 1 amide bonds. The highest BCUT2D eigenvalue weighted by Gasteiger charge is 2.24. The lowest BCUT2D eigenvalue weighted by atomic mass is 10.2. The van der Waals surface area contributed by atoms with E-state index in [0.717, 1.165) is 16.9 Å². The number of nitrogens with one attached hydrogen (secondary N) is 1. The number of anilines is 1. The summed E-state index contributed by atoms with van der Waals surface area (Å²) in [5, 5.41) is 7.35. The van der Waals surface area contributed by atoms with Gasteiger partial charge in [-0.2, -0.15) is 9.78 Å². The van der Waals surface area contributed by atoms with Crippen molar-refractivity contribution >= 4 is 40.1 Å². The Hall–Kier alpha value is -4.79. The van der Waals surface area contributed by atoms with Crippen LogP contribution >= 0.6 is 0 Å². The molecule has 0 bridgehead atoms.